The maximum atomic E-state index is 4.88. The molecule has 0 unspecified atom stereocenters. The molecule has 0 saturated heterocycles. The summed E-state index contributed by atoms with van der Waals surface area (Å²) in [5.41, 5.74) is 37.1. The van der Waals surface area contributed by atoms with Crippen molar-refractivity contribution in [3.05, 3.63) is 486 Å². The second kappa shape index (κ2) is 36.2. The van der Waals surface area contributed by atoms with E-state index in [0.29, 0.717) is 0 Å². The molecule has 20 aromatic rings. The van der Waals surface area contributed by atoms with Gasteiger partial charge in [0.05, 0.1) is 34.2 Å². The zero-order valence-corrected chi connectivity index (χ0v) is 65.9. The predicted octanol–water partition coefficient (Wildman–Crippen LogP) is 29.8. The molecule has 0 aliphatic heterocycles. The fourth-order valence-corrected chi connectivity index (χ4v) is 16.5. The molecule has 0 aliphatic rings. The van der Waals surface area contributed by atoms with Crippen LogP contribution >= 0.6 is 0 Å². The van der Waals surface area contributed by atoms with Gasteiger partial charge in [0.25, 0.3) is 0 Å². The Morgan fingerprint density at radius 1 is 0.100 bits per heavy atom. The van der Waals surface area contributed by atoms with Crippen LogP contribution in [0.1, 0.15) is 0 Å². The molecule has 0 fully saturated rings. The molecular weight excluding hydrogens is 1450 g/mol. The minimum absolute atomic E-state index is 0.792. The number of hydrogen-bond acceptors (Lipinski definition) is 6. The third-order valence-electron chi connectivity index (χ3n) is 21.6. The molecule has 6 aromatic heterocycles. The van der Waals surface area contributed by atoms with Gasteiger partial charge in [-0.05, 0) is 201 Å². The minimum atomic E-state index is 0.792. The molecule has 0 saturated carbocycles. The minimum Gasteiger partial charge on any atom is -0.256 e. The Hall–Kier alpha value is -16.0. The van der Waals surface area contributed by atoms with E-state index in [4.69, 9.17) is 29.9 Å². The topological polar surface area (TPSA) is 77.3 Å². The zero-order valence-electron chi connectivity index (χ0n) is 65.9. The number of rotatable bonds is 17. The molecule has 20 rings (SSSR count). The van der Waals surface area contributed by atoms with Gasteiger partial charge in [0.15, 0.2) is 0 Å². The summed E-state index contributed by atoms with van der Waals surface area (Å²) in [6, 6.07) is 157. The highest BCUT2D eigenvalue weighted by Gasteiger charge is 2.34. The second-order valence-corrected chi connectivity index (χ2v) is 28.9. The number of nitrogens with zero attached hydrogens (tertiary/aromatic N) is 6. The van der Waals surface area contributed by atoms with Gasteiger partial charge in [0, 0.05) is 70.6 Å². The lowest BCUT2D eigenvalue weighted by Gasteiger charge is -2.28. The van der Waals surface area contributed by atoms with Crippen molar-refractivity contribution >= 4 is 0 Å². The Balaban J connectivity index is 0.000000124. The first-order valence-corrected chi connectivity index (χ1v) is 40.5. The number of aromatic nitrogens is 6. The van der Waals surface area contributed by atoms with Crippen LogP contribution in [-0.2, 0) is 0 Å². The van der Waals surface area contributed by atoms with Crippen LogP contribution in [0.2, 0.25) is 0 Å². The summed E-state index contributed by atoms with van der Waals surface area (Å²) in [5.74, 6) is 0. The normalized spacial score (nSPS) is 10.8. The lowest BCUT2D eigenvalue weighted by molar-refractivity contribution is 1.25. The van der Waals surface area contributed by atoms with E-state index >= 15 is 0 Å². The monoisotopic (exact) mass is 1530 g/mol. The van der Waals surface area contributed by atoms with Crippen molar-refractivity contribution in [1.82, 2.24) is 29.9 Å². The molecular formula is C114H80N6. The van der Waals surface area contributed by atoms with Crippen LogP contribution in [0.15, 0.2) is 486 Å². The maximum Gasteiger partial charge on any atom is 0.0716 e. The molecule has 6 heteroatoms. The summed E-state index contributed by atoms with van der Waals surface area (Å²) in [4.78, 5) is 29.3. The first-order valence-electron chi connectivity index (χ1n) is 40.5. The quantitative estimate of drug-likeness (QED) is 0.0904. The molecule has 0 spiro atoms. The van der Waals surface area contributed by atoms with Crippen molar-refractivity contribution in [2.24, 2.45) is 0 Å². The predicted molar refractivity (Wildman–Crippen MR) is 499 cm³/mol. The third-order valence-corrected chi connectivity index (χ3v) is 21.6. The number of pyridine rings is 6. The third kappa shape index (κ3) is 15.9. The molecule has 0 N–H and O–H groups in total. The first-order chi connectivity index (χ1) is 59.7. The van der Waals surface area contributed by atoms with Gasteiger partial charge in [0.1, 0.15) is 0 Å². The van der Waals surface area contributed by atoms with Crippen LogP contribution in [0.3, 0.4) is 0 Å². The fraction of sp³-hybridized carbons (Fsp3) is 0. The van der Waals surface area contributed by atoms with Gasteiger partial charge >= 0.3 is 0 Å². The smallest absolute Gasteiger partial charge is 0.0716 e. The highest BCUT2D eigenvalue weighted by Crippen LogP contribution is 2.58. The van der Waals surface area contributed by atoms with E-state index in [1.54, 1.807) is 0 Å². The van der Waals surface area contributed by atoms with Crippen LogP contribution < -0.4 is 0 Å². The van der Waals surface area contributed by atoms with E-state index in [1.165, 1.54) is 122 Å². The molecule has 6 heterocycles. The molecule has 566 valence electrons. The van der Waals surface area contributed by atoms with Gasteiger partial charge in [-0.2, -0.15) is 0 Å². The number of hydrogen-bond donors (Lipinski definition) is 0. The summed E-state index contributed by atoms with van der Waals surface area (Å²) in [5, 5.41) is 0. The summed E-state index contributed by atoms with van der Waals surface area (Å²) in [7, 11) is 0. The molecule has 6 nitrogen and oxygen atoms in total. The highest BCUT2D eigenvalue weighted by molar-refractivity contribution is 6.16. The Morgan fingerprint density at radius 3 is 0.367 bits per heavy atom. The van der Waals surface area contributed by atoms with Crippen molar-refractivity contribution < 1.29 is 0 Å². The van der Waals surface area contributed by atoms with Crippen molar-refractivity contribution in [1.29, 1.82) is 0 Å². The van der Waals surface area contributed by atoms with Gasteiger partial charge in [-0.1, -0.05) is 370 Å². The Morgan fingerprint density at radius 2 is 0.225 bits per heavy atom. The van der Waals surface area contributed by atoms with Gasteiger partial charge in [-0.3, -0.25) is 29.9 Å². The fourth-order valence-electron chi connectivity index (χ4n) is 16.5. The average Bonchev–Trinajstić information content (AvgIpc) is 0.724. The summed E-state index contributed by atoms with van der Waals surface area (Å²) < 4.78 is 0. The Bertz CT molecular complexity index is 5550. The summed E-state index contributed by atoms with van der Waals surface area (Å²) in [6.45, 7) is 0. The largest absolute Gasteiger partial charge is 0.256 e. The Kier molecular flexibility index (Phi) is 22.7. The average molecular weight is 1530 g/mol. The first kappa shape index (κ1) is 75.3. The molecule has 0 bridgehead atoms. The van der Waals surface area contributed by atoms with Gasteiger partial charge in [-0.25, -0.2) is 0 Å². The summed E-state index contributed by atoms with van der Waals surface area (Å²) in [6.07, 6.45) is 10.9. The standard InChI is InChI=1S/C42H30.C36H24N6.C36H26/c1-7-19-31(20-8-1)37-38(32-21-9-2-10-22-32)40(34-25-13-4-14-26-34)42(36-29-17-6-18-30-36)41(35-27-15-5-16-28-35)39(37)33-23-11-3-12-24-33;1-7-19-37-25(13-1)31-32(26-14-2-8-20-38-26)34(28-16-4-10-22-40-28)36(30-18-6-12-24-42-30)35(29-17-5-11-23-41-29)33(31)27-15-3-9-21-39-27;1-6-16-27(17-7-1)32-26-33(28-18-8-2-9-19-28)35(30-22-12-4-13-23-30)36(31-24-14-5-15-25-31)34(32)29-20-10-3-11-21-29/h1-30H;1-24H;1-26H. The van der Waals surface area contributed by atoms with Crippen LogP contribution in [0.5, 0.6) is 0 Å². The van der Waals surface area contributed by atoms with Crippen molar-refractivity contribution in [2.75, 3.05) is 0 Å². The van der Waals surface area contributed by atoms with E-state index in [9.17, 15) is 0 Å². The molecule has 14 aromatic carbocycles. The molecule has 0 atom stereocenters. The highest BCUT2D eigenvalue weighted by atomic mass is 14.8. The molecule has 0 radical (unpaired) electrons. The van der Waals surface area contributed by atoms with Crippen molar-refractivity contribution in [3.8, 4) is 190 Å². The van der Waals surface area contributed by atoms with Crippen LogP contribution in [-0.4, -0.2) is 29.9 Å². The van der Waals surface area contributed by atoms with Crippen molar-refractivity contribution in [2.45, 2.75) is 0 Å². The Labute approximate surface area is 701 Å². The SMILES string of the molecule is c1ccc(-c2c(-c3ccccc3)c(-c3ccccc3)c(-c3ccccc3)c(-c3ccccc3)c2-c2ccccc2)cc1.c1ccc(-c2c(-c3ccccn3)c(-c3ccccn3)c(-c3ccccn3)c(-c3ccccn3)c2-c2ccccn2)nc1.c1ccc(-c2cc(-c3ccccc3)c(-c3ccccc3)c(-c3ccccc3)c2-c2ccccc2)cc1. The second-order valence-electron chi connectivity index (χ2n) is 28.9. The van der Waals surface area contributed by atoms with Crippen LogP contribution in [0, 0.1) is 0 Å². The lowest BCUT2D eigenvalue weighted by atomic mass is 9.74. The van der Waals surface area contributed by atoms with E-state index in [0.717, 1.165) is 67.5 Å². The van der Waals surface area contributed by atoms with Crippen LogP contribution in [0.4, 0.5) is 0 Å². The maximum absolute atomic E-state index is 4.88. The van der Waals surface area contributed by atoms with Gasteiger partial charge in [0.2, 0.25) is 0 Å². The van der Waals surface area contributed by atoms with Crippen molar-refractivity contribution in [3.63, 3.8) is 0 Å². The molecule has 0 amide bonds. The lowest BCUT2D eigenvalue weighted by Crippen LogP contribution is -2.05. The van der Waals surface area contributed by atoms with Gasteiger partial charge < -0.3 is 0 Å². The molecule has 120 heavy (non-hydrogen) atoms. The zero-order chi connectivity index (χ0) is 80.4. The molecule has 0 aliphatic carbocycles. The van der Waals surface area contributed by atoms with Gasteiger partial charge in [-0.15, -0.1) is 0 Å². The van der Waals surface area contributed by atoms with E-state index < -0.39 is 0 Å². The summed E-state index contributed by atoms with van der Waals surface area (Å²) >= 11 is 0. The van der Waals surface area contributed by atoms with E-state index in [2.05, 4.69) is 340 Å². The van der Waals surface area contributed by atoms with E-state index in [1.807, 2.05) is 146 Å². The number of benzene rings is 14. The van der Waals surface area contributed by atoms with E-state index in [-0.39, 0.29) is 0 Å². The van der Waals surface area contributed by atoms with Crippen LogP contribution in [0.25, 0.3) is 190 Å².